The van der Waals surface area contributed by atoms with Gasteiger partial charge in [-0.1, -0.05) is 12.1 Å². The van der Waals surface area contributed by atoms with Crippen molar-refractivity contribution >= 4 is 11.5 Å². The van der Waals surface area contributed by atoms with Gasteiger partial charge in [0.15, 0.2) is 0 Å². The molecule has 1 rings (SSSR count). The van der Waals surface area contributed by atoms with Crippen LogP contribution in [0.15, 0.2) is 24.3 Å². The van der Waals surface area contributed by atoms with E-state index in [0.717, 1.165) is 12.1 Å². The van der Waals surface area contributed by atoms with Crippen LogP contribution in [0.25, 0.3) is 0 Å². The molecule has 76 valence electrons. The lowest BCUT2D eigenvalue weighted by Crippen LogP contribution is -2.22. The molecule has 0 aliphatic rings. The molecule has 0 radical (unpaired) electrons. The van der Waals surface area contributed by atoms with Crippen molar-refractivity contribution < 1.29 is 23.2 Å². The van der Waals surface area contributed by atoms with E-state index in [9.17, 15) is 18.0 Å². The number of hydrogen-bond donors (Lipinski definition) is 2. The summed E-state index contributed by atoms with van der Waals surface area (Å²) in [5.74, 6) is -1.94. The molecule has 0 atom stereocenters. The first-order chi connectivity index (χ1) is 6.45. The Morgan fingerprint density at radius 2 is 2.00 bits per heavy atom. The van der Waals surface area contributed by atoms with Gasteiger partial charge in [-0.25, -0.2) is 0 Å². The molecule has 1 aromatic carbocycles. The third-order valence-electron chi connectivity index (χ3n) is 1.51. The molecule has 3 nitrogen and oxygen atoms in total. The van der Waals surface area contributed by atoms with Gasteiger partial charge in [-0.2, -0.15) is 13.2 Å². The maximum atomic E-state index is 11.9. The second-order valence-electron chi connectivity index (χ2n) is 2.52. The molecule has 6 heteroatoms. The molecule has 0 saturated heterocycles. The van der Waals surface area contributed by atoms with Crippen LogP contribution in [-0.2, 0) is 0 Å². The predicted molar refractivity (Wildman–Crippen MR) is 42.2 cm³/mol. The predicted octanol–water partition coefficient (Wildman–Crippen LogP) is 2.23. The van der Waals surface area contributed by atoms with E-state index in [0.29, 0.717) is 0 Å². The molecule has 0 aromatic heterocycles. The number of hydrogen-bond acceptors (Lipinski definition) is 3. The molecule has 0 bridgehead atoms. The van der Waals surface area contributed by atoms with Crippen molar-refractivity contribution in [3.05, 3.63) is 29.8 Å². The lowest BCUT2D eigenvalue weighted by molar-refractivity contribution is -0.0885. The van der Waals surface area contributed by atoms with Gasteiger partial charge in [0.25, 0.3) is 5.78 Å². The SMILES string of the molecule is O=C(c1cccc(NO)c1)C(F)(F)F. The molecular formula is C8H6F3NO2. The summed E-state index contributed by atoms with van der Waals surface area (Å²) in [5, 5.41) is 8.40. The van der Waals surface area contributed by atoms with E-state index in [-0.39, 0.29) is 5.69 Å². The fourth-order valence-electron chi connectivity index (χ4n) is 0.894. The Labute approximate surface area is 77.1 Å². The van der Waals surface area contributed by atoms with Crippen LogP contribution >= 0.6 is 0 Å². The number of Topliss-reactive ketones (excluding diaryl/α,β-unsaturated/α-hetero) is 1. The van der Waals surface area contributed by atoms with Gasteiger partial charge in [0.05, 0.1) is 5.69 Å². The van der Waals surface area contributed by atoms with Crippen LogP contribution in [-0.4, -0.2) is 17.2 Å². The number of halogens is 3. The lowest BCUT2D eigenvalue weighted by Gasteiger charge is -2.06. The van der Waals surface area contributed by atoms with Crippen molar-refractivity contribution in [2.75, 3.05) is 5.48 Å². The van der Waals surface area contributed by atoms with Crippen LogP contribution in [0.4, 0.5) is 18.9 Å². The molecule has 1 aromatic rings. The Bertz CT molecular complexity index is 349. The number of carbonyl (C=O) groups excluding carboxylic acids is 1. The normalized spacial score (nSPS) is 11.1. The molecule has 0 saturated carbocycles. The largest absolute Gasteiger partial charge is 0.454 e. The zero-order valence-electron chi connectivity index (χ0n) is 6.80. The Morgan fingerprint density at radius 1 is 1.36 bits per heavy atom. The Hall–Kier alpha value is -1.56. The highest BCUT2D eigenvalue weighted by Crippen LogP contribution is 2.22. The molecule has 2 N–H and O–H groups in total. The maximum Gasteiger partial charge on any atom is 0.454 e. The summed E-state index contributed by atoms with van der Waals surface area (Å²) in [6.07, 6.45) is -4.89. The number of rotatable bonds is 2. The number of alkyl halides is 3. The molecule has 0 aliphatic heterocycles. The minimum atomic E-state index is -4.89. The van der Waals surface area contributed by atoms with E-state index in [1.807, 2.05) is 0 Å². The van der Waals surface area contributed by atoms with E-state index in [1.54, 1.807) is 5.48 Å². The van der Waals surface area contributed by atoms with E-state index in [1.165, 1.54) is 12.1 Å². The summed E-state index contributed by atoms with van der Waals surface area (Å²) >= 11 is 0. The van der Waals surface area contributed by atoms with Gasteiger partial charge >= 0.3 is 6.18 Å². The van der Waals surface area contributed by atoms with Gasteiger partial charge in [-0.15, -0.1) is 0 Å². The monoisotopic (exact) mass is 205 g/mol. The maximum absolute atomic E-state index is 11.9. The highest BCUT2D eigenvalue weighted by Gasteiger charge is 2.39. The van der Waals surface area contributed by atoms with E-state index in [2.05, 4.69) is 0 Å². The lowest BCUT2D eigenvalue weighted by atomic mass is 10.1. The summed E-state index contributed by atoms with van der Waals surface area (Å²) in [6, 6.07) is 4.50. The summed E-state index contributed by atoms with van der Waals surface area (Å²) in [4.78, 5) is 10.7. The minimum Gasteiger partial charge on any atom is -0.291 e. The molecule has 0 unspecified atom stereocenters. The van der Waals surface area contributed by atoms with Gasteiger partial charge in [0.2, 0.25) is 0 Å². The smallest absolute Gasteiger partial charge is 0.291 e. The average molecular weight is 205 g/mol. The molecule has 0 heterocycles. The average Bonchev–Trinajstić information content (AvgIpc) is 2.15. The highest BCUT2D eigenvalue weighted by molar-refractivity contribution is 6.00. The molecular weight excluding hydrogens is 199 g/mol. The zero-order valence-corrected chi connectivity index (χ0v) is 6.80. The van der Waals surface area contributed by atoms with Gasteiger partial charge in [-0.05, 0) is 12.1 Å². The third-order valence-corrected chi connectivity index (χ3v) is 1.51. The molecule has 14 heavy (non-hydrogen) atoms. The van der Waals surface area contributed by atoms with Crippen molar-refractivity contribution in [1.29, 1.82) is 0 Å². The van der Waals surface area contributed by atoms with E-state index < -0.39 is 17.5 Å². The second kappa shape index (κ2) is 3.67. The molecule has 0 spiro atoms. The third kappa shape index (κ3) is 2.23. The van der Waals surface area contributed by atoms with E-state index >= 15 is 0 Å². The van der Waals surface area contributed by atoms with Crippen LogP contribution in [0, 0.1) is 0 Å². The van der Waals surface area contributed by atoms with Gasteiger partial charge < -0.3 is 0 Å². The first-order valence-electron chi connectivity index (χ1n) is 3.57. The van der Waals surface area contributed by atoms with Crippen LogP contribution < -0.4 is 5.48 Å². The summed E-state index contributed by atoms with van der Waals surface area (Å²) in [6.45, 7) is 0. The van der Waals surface area contributed by atoms with Crippen molar-refractivity contribution in [3.63, 3.8) is 0 Å². The summed E-state index contributed by atoms with van der Waals surface area (Å²) < 4.78 is 35.8. The molecule has 0 aliphatic carbocycles. The van der Waals surface area contributed by atoms with Crippen LogP contribution in [0.3, 0.4) is 0 Å². The van der Waals surface area contributed by atoms with Crippen LogP contribution in [0.1, 0.15) is 10.4 Å². The summed E-state index contributed by atoms with van der Waals surface area (Å²) in [7, 11) is 0. The number of nitrogens with one attached hydrogen (secondary N) is 1. The fraction of sp³-hybridized carbons (Fsp3) is 0.125. The quantitative estimate of drug-likeness (QED) is 0.575. The number of ketones is 1. The first kappa shape index (κ1) is 10.5. The Balaban J connectivity index is 3.02. The van der Waals surface area contributed by atoms with E-state index in [4.69, 9.17) is 5.21 Å². The van der Waals surface area contributed by atoms with Crippen LogP contribution in [0.5, 0.6) is 0 Å². The number of anilines is 1. The molecule has 0 amide bonds. The standard InChI is InChI=1S/C8H6F3NO2/c9-8(10,11)7(13)5-2-1-3-6(4-5)12-14/h1-4,12,14H. The number of benzene rings is 1. The van der Waals surface area contributed by atoms with Gasteiger partial charge in [-0.3, -0.25) is 15.5 Å². The summed E-state index contributed by atoms with van der Waals surface area (Å²) in [5.41, 5.74) is 1.16. The Morgan fingerprint density at radius 3 is 2.50 bits per heavy atom. The second-order valence-corrected chi connectivity index (χ2v) is 2.52. The number of carbonyl (C=O) groups is 1. The Kier molecular flexibility index (Phi) is 2.76. The molecule has 0 fully saturated rings. The zero-order chi connectivity index (χ0) is 10.8. The van der Waals surface area contributed by atoms with Crippen molar-refractivity contribution in [1.82, 2.24) is 0 Å². The minimum absolute atomic E-state index is 0.0279. The van der Waals surface area contributed by atoms with Crippen molar-refractivity contribution in [2.24, 2.45) is 0 Å². The van der Waals surface area contributed by atoms with Crippen LogP contribution in [0.2, 0.25) is 0 Å². The van der Waals surface area contributed by atoms with Gasteiger partial charge in [0.1, 0.15) is 0 Å². The van der Waals surface area contributed by atoms with Gasteiger partial charge in [0, 0.05) is 5.56 Å². The first-order valence-corrected chi connectivity index (χ1v) is 3.57. The topological polar surface area (TPSA) is 49.3 Å². The highest BCUT2D eigenvalue weighted by atomic mass is 19.4. The van der Waals surface area contributed by atoms with Crippen molar-refractivity contribution in [3.8, 4) is 0 Å². The van der Waals surface area contributed by atoms with Crippen molar-refractivity contribution in [2.45, 2.75) is 6.18 Å². The fourth-order valence-corrected chi connectivity index (χ4v) is 0.894.